The predicted molar refractivity (Wildman–Crippen MR) is 83.3 cm³/mol. The molecule has 1 rings (SSSR count). The Kier molecular flexibility index (Phi) is 7.23. The highest BCUT2D eigenvalue weighted by atomic mass is 35.5. The Morgan fingerprint density at radius 1 is 1.24 bits per heavy atom. The summed E-state index contributed by atoms with van der Waals surface area (Å²) in [5.74, 6) is -0.500. The number of hydrogen-bond acceptors (Lipinski definition) is 3. The molecule has 0 heterocycles. The van der Waals surface area contributed by atoms with E-state index >= 15 is 0 Å². The number of carbonyl (C=O) groups excluding carboxylic acids is 2. The average molecular weight is 312 g/mol. The summed E-state index contributed by atoms with van der Waals surface area (Å²) < 4.78 is 4.82. The van der Waals surface area contributed by atoms with E-state index in [9.17, 15) is 9.59 Å². The van der Waals surface area contributed by atoms with Crippen LogP contribution in [0.25, 0.3) is 0 Å². The number of amides is 1. The molecular formula is C16H22ClNO3. The summed E-state index contributed by atoms with van der Waals surface area (Å²) in [6.45, 7) is 6.38. The molecule has 0 aliphatic carbocycles. The third-order valence-electron chi connectivity index (χ3n) is 3.11. The topological polar surface area (TPSA) is 55.4 Å². The van der Waals surface area contributed by atoms with Crippen molar-refractivity contribution < 1.29 is 14.3 Å². The van der Waals surface area contributed by atoms with Gasteiger partial charge in [0.25, 0.3) is 0 Å². The van der Waals surface area contributed by atoms with E-state index in [1.807, 2.05) is 26.0 Å². The van der Waals surface area contributed by atoms with Crippen LogP contribution in [-0.4, -0.2) is 25.0 Å². The molecule has 4 nitrogen and oxygen atoms in total. The summed E-state index contributed by atoms with van der Waals surface area (Å²) in [4.78, 5) is 23.6. The second kappa shape index (κ2) is 8.67. The molecule has 1 N–H and O–H groups in total. The lowest BCUT2D eigenvalue weighted by molar-refractivity contribution is -0.143. The van der Waals surface area contributed by atoms with Gasteiger partial charge in [-0.2, -0.15) is 0 Å². The minimum absolute atomic E-state index is 0.0865. The van der Waals surface area contributed by atoms with Crippen molar-refractivity contribution in [1.29, 1.82) is 0 Å². The number of benzene rings is 1. The van der Waals surface area contributed by atoms with Crippen LogP contribution in [-0.2, 0) is 14.3 Å². The first-order valence-electron chi connectivity index (χ1n) is 7.14. The van der Waals surface area contributed by atoms with Crippen LogP contribution in [0.2, 0.25) is 5.02 Å². The highest BCUT2D eigenvalue weighted by molar-refractivity contribution is 6.30. The summed E-state index contributed by atoms with van der Waals surface area (Å²) in [6.07, 6.45) is 0.186. The van der Waals surface area contributed by atoms with E-state index in [4.69, 9.17) is 16.3 Å². The molecule has 0 spiro atoms. The van der Waals surface area contributed by atoms with E-state index in [0.717, 1.165) is 5.56 Å². The Morgan fingerprint density at radius 3 is 2.38 bits per heavy atom. The molecule has 0 bridgehead atoms. The molecule has 1 aromatic rings. The molecule has 0 saturated heterocycles. The Morgan fingerprint density at radius 2 is 1.86 bits per heavy atom. The van der Waals surface area contributed by atoms with Gasteiger partial charge in [0.1, 0.15) is 0 Å². The fourth-order valence-corrected chi connectivity index (χ4v) is 2.27. The normalized spacial score (nSPS) is 12.0. The maximum Gasteiger partial charge on any atom is 0.307 e. The van der Waals surface area contributed by atoms with E-state index in [1.54, 1.807) is 19.1 Å². The van der Waals surface area contributed by atoms with Crippen molar-refractivity contribution in [1.82, 2.24) is 5.32 Å². The standard InChI is InChI=1S/C16H22ClNO3/c1-4-21-14(19)9-10-18-16(20)15(11(2)3)12-5-7-13(17)8-6-12/h5-8,11,15H,4,9-10H2,1-3H3,(H,18,20). The van der Waals surface area contributed by atoms with Gasteiger partial charge in [-0.05, 0) is 30.5 Å². The van der Waals surface area contributed by atoms with Crippen molar-refractivity contribution in [3.05, 3.63) is 34.9 Å². The highest BCUT2D eigenvalue weighted by Crippen LogP contribution is 2.25. The van der Waals surface area contributed by atoms with E-state index in [1.165, 1.54) is 0 Å². The number of rotatable bonds is 7. The molecule has 0 radical (unpaired) electrons. The molecule has 1 atom stereocenters. The average Bonchev–Trinajstić information content (AvgIpc) is 2.41. The molecule has 21 heavy (non-hydrogen) atoms. The SMILES string of the molecule is CCOC(=O)CCNC(=O)C(c1ccc(Cl)cc1)C(C)C. The van der Waals surface area contributed by atoms with Crippen molar-refractivity contribution in [3.63, 3.8) is 0 Å². The lowest BCUT2D eigenvalue weighted by Crippen LogP contribution is -2.33. The zero-order chi connectivity index (χ0) is 15.8. The molecular weight excluding hydrogens is 290 g/mol. The summed E-state index contributed by atoms with van der Waals surface area (Å²) >= 11 is 5.87. The minimum atomic E-state index is -0.301. The van der Waals surface area contributed by atoms with Gasteiger partial charge in [-0.15, -0.1) is 0 Å². The van der Waals surface area contributed by atoms with Gasteiger partial charge in [0.2, 0.25) is 5.91 Å². The summed E-state index contributed by atoms with van der Waals surface area (Å²) in [7, 11) is 0. The zero-order valence-electron chi connectivity index (χ0n) is 12.7. The number of nitrogens with one attached hydrogen (secondary N) is 1. The fraction of sp³-hybridized carbons (Fsp3) is 0.500. The molecule has 1 amide bonds. The Bertz CT molecular complexity index is 471. The number of halogens is 1. The Labute approximate surface area is 130 Å². The van der Waals surface area contributed by atoms with Crippen LogP contribution in [0.15, 0.2) is 24.3 Å². The van der Waals surface area contributed by atoms with Gasteiger partial charge >= 0.3 is 5.97 Å². The fourth-order valence-electron chi connectivity index (χ4n) is 2.14. The summed E-state index contributed by atoms with van der Waals surface area (Å²) in [6, 6.07) is 7.27. The molecule has 0 aromatic heterocycles. The van der Waals surface area contributed by atoms with Gasteiger partial charge in [-0.25, -0.2) is 0 Å². The van der Waals surface area contributed by atoms with Crippen LogP contribution >= 0.6 is 11.6 Å². The van der Waals surface area contributed by atoms with Crippen molar-refractivity contribution >= 4 is 23.5 Å². The number of ether oxygens (including phenoxy) is 1. The van der Waals surface area contributed by atoms with Crippen LogP contribution in [0.1, 0.15) is 38.7 Å². The van der Waals surface area contributed by atoms with Gasteiger partial charge in [0.05, 0.1) is 18.9 Å². The Balaban J connectivity index is 2.62. The monoisotopic (exact) mass is 311 g/mol. The molecule has 0 aliphatic rings. The maximum absolute atomic E-state index is 12.3. The Hall–Kier alpha value is -1.55. The lowest BCUT2D eigenvalue weighted by Gasteiger charge is -2.20. The zero-order valence-corrected chi connectivity index (χ0v) is 13.4. The number of carbonyl (C=O) groups is 2. The summed E-state index contributed by atoms with van der Waals surface area (Å²) in [5.41, 5.74) is 0.919. The van der Waals surface area contributed by atoms with Crippen molar-refractivity contribution in [2.75, 3.05) is 13.2 Å². The van der Waals surface area contributed by atoms with E-state index in [0.29, 0.717) is 11.6 Å². The second-order valence-corrected chi connectivity index (χ2v) is 5.56. The largest absolute Gasteiger partial charge is 0.466 e. The first-order valence-corrected chi connectivity index (χ1v) is 7.52. The summed E-state index contributed by atoms with van der Waals surface area (Å²) in [5, 5.41) is 3.44. The minimum Gasteiger partial charge on any atom is -0.466 e. The molecule has 0 fully saturated rings. The van der Waals surface area contributed by atoms with Gasteiger partial charge in [-0.3, -0.25) is 9.59 Å². The molecule has 0 saturated carbocycles. The number of hydrogen-bond donors (Lipinski definition) is 1. The first kappa shape index (κ1) is 17.5. The van der Waals surface area contributed by atoms with E-state index in [2.05, 4.69) is 5.32 Å². The quantitative estimate of drug-likeness (QED) is 0.787. The van der Waals surface area contributed by atoms with Crippen LogP contribution in [0.3, 0.4) is 0 Å². The van der Waals surface area contributed by atoms with Crippen LogP contribution < -0.4 is 5.32 Å². The lowest BCUT2D eigenvalue weighted by atomic mass is 9.87. The molecule has 116 valence electrons. The third kappa shape index (κ3) is 5.76. The smallest absolute Gasteiger partial charge is 0.307 e. The number of esters is 1. The van der Waals surface area contributed by atoms with Crippen LogP contribution in [0.4, 0.5) is 0 Å². The van der Waals surface area contributed by atoms with Crippen LogP contribution in [0, 0.1) is 5.92 Å². The van der Waals surface area contributed by atoms with Gasteiger partial charge < -0.3 is 10.1 Å². The van der Waals surface area contributed by atoms with E-state index < -0.39 is 0 Å². The van der Waals surface area contributed by atoms with Gasteiger partial charge in [0, 0.05) is 11.6 Å². The molecule has 1 unspecified atom stereocenters. The molecule has 5 heteroatoms. The molecule has 1 aromatic carbocycles. The van der Waals surface area contributed by atoms with Crippen molar-refractivity contribution in [2.45, 2.75) is 33.1 Å². The van der Waals surface area contributed by atoms with Crippen molar-refractivity contribution in [2.24, 2.45) is 5.92 Å². The van der Waals surface area contributed by atoms with Crippen LogP contribution in [0.5, 0.6) is 0 Å². The van der Waals surface area contributed by atoms with E-state index in [-0.39, 0.29) is 36.7 Å². The highest BCUT2D eigenvalue weighted by Gasteiger charge is 2.23. The van der Waals surface area contributed by atoms with Gasteiger partial charge in [-0.1, -0.05) is 37.6 Å². The van der Waals surface area contributed by atoms with Gasteiger partial charge in [0.15, 0.2) is 0 Å². The third-order valence-corrected chi connectivity index (χ3v) is 3.36. The maximum atomic E-state index is 12.3. The van der Waals surface area contributed by atoms with Crippen molar-refractivity contribution in [3.8, 4) is 0 Å². The first-order chi connectivity index (χ1) is 9.95. The second-order valence-electron chi connectivity index (χ2n) is 5.12. The predicted octanol–water partition coefficient (Wildman–Crippen LogP) is 3.15. The molecule has 0 aliphatic heterocycles.